The first-order valence-corrected chi connectivity index (χ1v) is 8.22. The van der Waals surface area contributed by atoms with Gasteiger partial charge in [0.1, 0.15) is 5.75 Å². The number of fused-ring (bicyclic) bond motifs is 1. The van der Waals surface area contributed by atoms with Crippen molar-refractivity contribution in [1.82, 2.24) is 15.5 Å². The van der Waals surface area contributed by atoms with Crippen LogP contribution in [0.25, 0.3) is 0 Å². The van der Waals surface area contributed by atoms with E-state index >= 15 is 0 Å². The summed E-state index contributed by atoms with van der Waals surface area (Å²) < 4.78 is 5.12. The molecule has 0 saturated carbocycles. The van der Waals surface area contributed by atoms with E-state index in [4.69, 9.17) is 4.74 Å². The van der Waals surface area contributed by atoms with Crippen molar-refractivity contribution in [3.05, 3.63) is 47.3 Å². The SMILES string of the molecule is COc1ccc(C(O)C(C)NC(=O)C2CCc3cn[nH]c3C2)cc1. The average molecular weight is 329 g/mol. The van der Waals surface area contributed by atoms with Gasteiger partial charge in [-0.2, -0.15) is 5.10 Å². The molecule has 24 heavy (non-hydrogen) atoms. The highest BCUT2D eigenvalue weighted by atomic mass is 16.5. The van der Waals surface area contributed by atoms with E-state index in [0.29, 0.717) is 6.42 Å². The highest BCUT2D eigenvalue weighted by Crippen LogP contribution is 2.25. The van der Waals surface area contributed by atoms with E-state index in [-0.39, 0.29) is 17.9 Å². The van der Waals surface area contributed by atoms with E-state index in [0.717, 1.165) is 29.8 Å². The van der Waals surface area contributed by atoms with Gasteiger partial charge >= 0.3 is 0 Å². The van der Waals surface area contributed by atoms with Gasteiger partial charge in [-0.05, 0) is 43.0 Å². The zero-order valence-electron chi connectivity index (χ0n) is 14.0. The van der Waals surface area contributed by atoms with E-state index in [1.165, 1.54) is 5.56 Å². The van der Waals surface area contributed by atoms with Gasteiger partial charge in [0.15, 0.2) is 0 Å². The van der Waals surface area contributed by atoms with Crippen molar-refractivity contribution in [2.75, 3.05) is 7.11 Å². The summed E-state index contributed by atoms with van der Waals surface area (Å²) in [5.74, 6) is 0.638. The molecule has 1 aliphatic carbocycles. The maximum Gasteiger partial charge on any atom is 0.223 e. The van der Waals surface area contributed by atoms with Crippen molar-refractivity contribution < 1.29 is 14.6 Å². The minimum absolute atomic E-state index is 0.0182. The first kappa shape index (κ1) is 16.5. The van der Waals surface area contributed by atoms with Gasteiger partial charge in [0.25, 0.3) is 0 Å². The molecule has 1 aromatic carbocycles. The van der Waals surface area contributed by atoms with Gasteiger partial charge in [-0.15, -0.1) is 0 Å². The number of ether oxygens (including phenoxy) is 1. The fourth-order valence-electron chi connectivity index (χ4n) is 3.14. The smallest absolute Gasteiger partial charge is 0.223 e. The maximum atomic E-state index is 12.5. The van der Waals surface area contributed by atoms with Crippen LogP contribution in [0.1, 0.15) is 36.3 Å². The second-order valence-electron chi connectivity index (χ2n) is 6.33. The standard InChI is InChI=1S/C18H23N3O3/c1-11(17(22)12-5-7-15(24-2)8-6-12)20-18(23)13-3-4-14-10-19-21-16(14)9-13/h5-8,10-11,13,17,22H,3-4,9H2,1-2H3,(H,19,21)(H,20,23). The molecule has 0 saturated heterocycles. The lowest BCUT2D eigenvalue weighted by Gasteiger charge is -2.25. The molecule has 0 fully saturated rings. The van der Waals surface area contributed by atoms with E-state index in [2.05, 4.69) is 15.5 Å². The van der Waals surface area contributed by atoms with Crippen LogP contribution >= 0.6 is 0 Å². The largest absolute Gasteiger partial charge is 0.497 e. The van der Waals surface area contributed by atoms with Crippen LogP contribution in [-0.4, -0.2) is 34.4 Å². The Bertz CT molecular complexity index is 696. The Balaban J connectivity index is 1.59. The van der Waals surface area contributed by atoms with Crippen molar-refractivity contribution in [1.29, 1.82) is 0 Å². The molecule has 6 nitrogen and oxygen atoms in total. The molecular weight excluding hydrogens is 306 g/mol. The number of nitrogens with zero attached hydrogens (tertiary/aromatic N) is 1. The zero-order chi connectivity index (χ0) is 17.1. The summed E-state index contributed by atoms with van der Waals surface area (Å²) in [6.45, 7) is 1.82. The topological polar surface area (TPSA) is 87.2 Å². The molecule has 0 radical (unpaired) electrons. The molecule has 1 amide bonds. The minimum atomic E-state index is -0.758. The number of aliphatic hydroxyl groups excluding tert-OH is 1. The van der Waals surface area contributed by atoms with Gasteiger partial charge in [0.05, 0.1) is 25.5 Å². The van der Waals surface area contributed by atoms with Gasteiger partial charge in [0, 0.05) is 18.0 Å². The van der Waals surface area contributed by atoms with Gasteiger partial charge in [-0.25, -0.2) is 0 Å². The molecule has 6 heteroatoms. The molecule has 3 rings (SSSR count). The summed E-state index contributed by atoms with van der Waals surface area (Å²) >= 11 is 0. The number of benzene rings is 1. The maximum absolute atomic E-state index is 12.5. The number of amides is 1. The molecule has 0 bridgehead atoms. The molecule has 3 N–H and O–H groups in total. The second-order valence-corrected chi connectivity index (χ2v) is 6.33. The third kappa shape index (κ3) is 3.43. The minimum Gasteiger partial charge on any atom is -0.497 e. The highest BCUT2D eigenvalue weighted by Gasteiger charge is 2.28. The van der Waals surface area contributed by atoms with E-state index in [1.807, 2.05) is 25.3 Å². The van der Waals surface area contributed by atoms with Crippen LogP contribution in [0.2, 0.25) is 0 Å². The van der Waals surface area contributed by atoms with Crippen molar-refractivity contribution in [3.63, 3.8) is 0 Å². The third-order valence-corrected chi connectivity index (χ3v) is 4.69. The number of H-pyrrole nitrogens is 1. The fraction of sp³-hybridized carbons (Fsp3) is 0.444. The van der Waals surface area contributed by atoms with Crippen LogP contribution in [0.5, 0.6) is 5.75 Å². The summed E-state index contributed by atoms with van der Waals surface area (Å²) in [7, 11) is 1.60. The van der Waals surface area contributed by atoms with Crippen LogP contribution in [0.4, 0.5) is 0 Å². The second kappa shape index (κ2) is 7.05. The number of hydrogen-bond acceptors (Lipinski definition) is 4. The molecule has 128 valence electrons. The Morgan fingerprint density at radius 1 is 1.42 bits per heavy atom. The number of carbonyl (C=O) groups is 1. The average Bonchev–Trinajstić information content (AvgIpc) is 3.08. The fourth-order valence-corrected chi connectivity index (χ4v) is 3.14. The number of aromatic amines is 1. The summed E-state index contributed by atoms with van der Waals surface area (Å²) in [4.78, 5) is 12.5. The lowest BCUT2D eigenvalue weighted by molar-refractivity contribution is -0.126. The molecule has 1 aromatic heterocycles. The van der Waals surface area contributed by atoms with Crippen molar-refractivity contribution in [2.45, 2.75) is 38.3 Å². The molecule has 0 spiro atoms. The molecule has 1 aliphatic rings. The monoisotopic (exact) mass is 329 g/mol. The van der Waals surface area contributed by atoms with E-state index < -0.39 is 6.10 Å². The lowest BCUT2D eigenvalue weighted by Crippen LogP contribution is -2.42. The Morgan fingerprint density at radius 3 is 2.88 bits per heavy atom. The number of methoxy groups -OCH3 is 1. The molecule has 0 aliphatic heterocycles. The van der Waals surface area contributed by atoms with Gasteiger partial charge in [-0.3, -0.25) is 9.89 Å². The first-order valence-electron chi connectivity index (χ1n) is 8.22. The number of hydrogen-bond donors (Lipinski definition) is 3. The predicted molar refractivity (Wildman–Crippen MR) is 89.7 cm³/mol. The molecule has 3 atom stereocenters. The Hall–Kier alpha value is -2.34. The Morgan fingerprint density at radius 2 is 2.17 bits per heavy atom. The molecule has 1 heterocycles. The normalized spacial score (nSPS) is 19.2. The summed E-state index contributed by atoms with van der Waals surface area (Å²) in [5, 5.41) is 20.4. The number of aromatic nitrogens is 2. The summed E-state index contributed by atoms with van der Waals surface area (Å²) in [5.41, 5.74) is 3.00. The van der Waals surface area contributed by atoms with Crippen LogP contribution in [0.15, 0.2) is 30.5 Å². The summed E-state index contributed by atoms with van der Waals surface area (Å²) in [6, 6.07) is 6.85. The molecule has 3 unspecified atom stereocenters. The van der Waals surface area contributed by atoms with Gasteiger partial charge < -0.3 is 15.2 Å². The van der Waals surface area contributed by atoms with Crippen LogP contribution in [-0.2, 0) is 17.6 Å². The highest BCUT2D eigenvalue weighted by molar-refractivity contribution is 5.79. The number of aryl methyl sites for hydroxylation is 1. The zero-order valence-corrected chi connectivity index (χ0v) is 14.0. The Kier molecular flexibility index (Phi) is 4.85. The van der Waals surface area contributed by atoms with E-state index in [9.17, 15) is 9.90 Å². The predicted octanol–water partition coefficient (Wildman–Crippen LogP) is 1.76. The van der Waals surface area contributed by atoms with E-state index in [1.54, 1.807) is 19.2 Å². The quantitative estimate of drug-likeness (QED) is 0.780. The van der Waals surface area contributed by atoms with Gasteiger partial charge in [0.2, 0.25) is 5.91 Å². The lowest BCUT2D eigenvalue weighted by atomic mass is 9.87. The Labute approximate surface area is 141 Å². The summed E-state index contributed by atoms with van der Waals surface area (Å²) in [6.07, 6.45) is 3.42. The van der Waals surface area contributed by atoms with Crippen molar-refractivity contribution in [3.8, 4) is 5.75 Å². The number of carbonyl (C=O) groups excluding carboxylic acids is 1. The van der Waals surface area contributed by atoms with Gasteiger partial charge in [-0.1, -0.05) is 12.1 Å². The number of nitrogens with one attached hydrogen (secondary N) is 2. The first-order chi connectivity index (χ1) is 11.6. The van der Waals surface area contributed by atoms with Crippen molar-refractivity contribution >= 4 is 5.91 Å². The van der Waals surface area contributed by atoms with Crippen molar-refractivity contribution in [2.24, 2.45) is 5.92 Å². The molecule has 2 aromatic rings. The van der Waals surface area contributed by atoms with Crippen LogP contribution in [0.3, 0.4) is 0 Å². The number of aliphatic hydroxyl groups is 1. The van der Waals surface area contributed by atoms with Crippen LogP contribution < -0.4 is 10.1 Å². The third-order valence-electron chi connectivity index (χ3n) is 4.69. The number of rotatable bonds is 5. The molecular formula is C18H23N3O3. The van der Waals surface area contributed by atoms with Crippen LogP contribution in [0, 0.1) is 5.92 Å².